The normalized spacial score (nSPS) is 14.7. The summed E-state index contributed by atoms with van der Waals surface area (Å²) in [5.74, 6) is 2.36. The Bertz CT molecular complexity index is 779. The number of pyridine rings is 1. The number of hydrogen-bond donors (Lipinski definition) is 2. The number of nitrogens with two attached hydrogens (primary N) is 1. The third kappa shape index (κ3) is 7.38. The minimum Gasteiger partial charge on any atom is -0.490 e. The number of aliphatic imine (C=N–C) groups is 1. The van der Waals surface area contributed by atoms with Crippen LogP contribution in [0.25, 0.3) is 0 Å². The molecule has 2 aromatic rings. The highest BCUT2D eigenvalue weighted by molar-refractivity contribution is 14.0. The molecule has 0 aliphatic heterocycles. The number of ether oxygens (including phenoxy) is 2. The predicted molar refractivity (Wildman–Crippen MR) is 127 cm³/mol. The summed E-state index contributed by atoms with van der Waals surface area (Å²) in [6, 6.07) is 11.9. The number of nitrogens with zero attached hydrogens (tertiary/aromatic N) is 2. The fourth-order valence-corrected chi connectivity index (χ4v) is 3.28. The van der Waals surface area contributed by atoms with Gasteiger partial charge in [-0.3, -0.25) is 0 Å². The molecule has 0 unspecified atom stereocenters. The topological polar surface area (TPSA) is 81.8 Å². The van der Waals surface area contributed by atoms with Crippen LogP contribution in [0.5, 0.6) is 17.4 Å². The van der Waals surface area contributed by atoms with E-state index in [9.17, 15) is 0 Å². The van der Waals surface area contributed by atoms with E-state index in [0.29, 0.717) is 42.5 Å². The number of benzene rings is 1. The van der Waals surface area contributed by atoms with Crippen molar-refractivity contribution in [3.8, 4) is 17.4 Å². The molecule has 0 atom stereocenters. The van der Waals surface area contributed by atoms with E-state index in [2.05, 4.69) is 22.2 Å². The van der Waals surface area contributed by atoms with E-state index in [1.54, 1.807) is 6.20 Å². The zero-order valence-electron chi connectivity index (χ0n) is 17.0. The highest BCUT2D eigenvalue weighted by Gasteiger charge is 2.14. The molecule has 1 aliphatic carbocycles. The highest BCUT2D eigenvalue weighted by atomic mass is 127. The Morgan fingerprint density at radius 3 is 2.66 bits per heavy atom. The maximum atomic E-state index is 6.09. The first kappa shape index (κ1) is 23.3. The van der Waals surface area contributed by atoms with Crippen LogP contribution in [-0.2, 0) is 6.54 Å². The molecule has 0 saturated heterocycles. The third-order valence-corrected chi connectivity index (χ3v) is 4.74. The first-order valence-electron chi connectivity index (χ1n) is 10.2. The molecule has 1 heterocycles. The van der Waals surface area contributed by atoms with Gasteiger partial charge in [0, 0.05) is 17.8 Å². The summed E-state index contributed by atoms with van der Waals surface area (Å²) in [6.45, 7) is 3.12. The van der Waals surface area contributed by atoms with Crippen LogP contribution < -0.4 is 20.5 Å². The molecular weight excluding hydrogens is 479 g/mol. The van der Waals surface area contributed by atoms with Crippen molar-refractivity contribution in [2.75, 3.05) is 6.61 Å². The van der Waals surface area contributed by atoms with E-state index in [4.69, 9.17) is 15.2 Å². The van der Waals surface area contributed by atoms with Crippen molar-refractivity contribution in [1.82, 2.24) is 10.3 Å². The van der Waals surface area contributed by atoms with Gasteiger partial charge >= 0.3 is 0 Å². The first-order valence-corrected chi connectivity index (χ1v) is 10.2. The number of halogens is 1. The molecule has 0 spiro atoms. The second kappa shape index (κ2) is 12.5. The van der Waals surface area contributed by atoms with E-state index in [0.717, 1.165) is 24.8 Å². The van der Waals surface area contributed by atoms with Gasteiger partial charge in [0.25, 0.3) is 0 Å². The van der Waals surface area contributed by atoms with Gasteiger partial charge in [-0.1, -0.05) is 44.4 Å². The maximum absolute atomic E-state index is 6.09. The summed E-state index contributed by atoms with van der Waals surface area (Å²) in [5, 5.41) is 3.34. The second-order valence-corrected chi connectivity index (χ2v) is 7.05. The SMILES string of the molecule is CCCOc1ccccc1Oc1ncccc1CN=C(N)NC1CCCCC1.I. The van der Waals surface area contributed by atoms with Crippen LogP contribution in [0.2, 0.25) is 0 Å². The molecule has 3 rings (SSSR count). The lowest BCUT2D eigenvalue weighted by Gasteiger charge is -2.23. The summed E-state index contributed by atoms with van der Waals surface area (Å²) < 4.78 is 11.8. The molecule has 1 saturated carbocycles. The van der Waals surface area contributed by atoms with Crippen LogP contribution in [0.15, 0.2) is 47.6 Å². The number of hydrogen-bond acceptors (Lipinski definition) is 4. The zero-order valence-corrected chi connectivity index (χ0v) is 19.3. The summed E-state index contributed by atoms with van der Waals surface area (Å²) in [5.41, 5.74) is 6.97. The van der Waals surface area contributed by atoms with Crippen molar-refractivity contribution in [3.05, 3.63) is 48.2 Å². The average Bonchev–Trinajstić information content (AvgIpc) is 2.73. The van der Waals surface area contributed by atoms with Crippen LogP contribution >= 0.6 is 24.0 Å². The second-order valence-electron chi connectivity index (χ2n) is 7.05. The minimum absolute atomic E-state index is 0. The van der Waals surface area contributed by atoms with Crippen LogP contribution in [-0.4, -0.2) is 23.6 Å². The lowest BCUT2D eigenvalue weighted by molar-refractivity contribution is 0.300. The fourth-order valence-electron chi connectivity index (χ4n) is 3.28. The maximum Gasteiger partial charge on any atom is 0.224 e. The van der Waals surface area contributed by atoms with Gasteiger partial charge < -0.3 is 20.5 Å². The Morgan fingerprint density at radius 2 is 1.90 bits per heavy atom. The Labute approximate surface area is 190 Å². The van der Waals surface area contributed by atoms with Gasteiger partial charge in [0.1, 0.15) is 0 Å². The molecule has 3 N–H and O–H groups in total. The lowest BCUT2D eigenvalue weighted by atomic mass is 9.96. The van der Waals surface area contributed by atoms with E-state index in [1.807, 2.05) is 36.4 Å². The van der Waals surface area contributed by atoms with Crippen LogP contribution in [0.1, 0.15) is 51.0 Å². The van der Waals surface area contributed by atoms with Crippen molar-refractivity contribution < 1.29 is 9.47 Å². The molecule has 7 heteroatoms. The van der Waals surface area contributed by atoms with Gasteiger partial charge in [-0.25, -0.2) is 9.98 Å². The van der Waals surface area contributed by atoms with Gasteiger partial charge in [0.2, 0.25) is 5.88 Å². The van der Waals surface area contributed by atoms with E-state index in [1.165, 1.54) is 19.3 Å². The Balaban J connectivity index is 0.00000300. The van der Waals surface area contributed by atoms with E-state index >= 15 is 0 Å². The van der Waals surface area contributed by atoms with Gasteiger partial charge in [0.05, 0.1) is 13.2 Å². The Morgan fingerprint density at radius 1 is 1.14 bits per heavy atom. The smallest absolute Gasteiger partial charge is 0.224 e. The molecule has 0 radical (unpaired) electrons. The first-order chi connectivity index (χ1) is 13.8. The zero-order chi connectivity index (χ0) is 19.6. The molecule has 0 amide bonds. The molecule has 29 heavy (non-hydrogen) atoms. The minimum atomic E-state index is 0. The van der Waals surface area contributed by atoms with E-state index < -0.39 is 0 Å². The Kier molecular flexibility index (Phi) is 10.0. The predicted octanol–water partition coefficient (Wildman–Crippen LogP) is 5.02. The molecule has 1 aromatic heterocycles. The van der Waals surface area contributed by atoms with Crippen molar-refractivity contribution >= 4 is 29.9 Å². The largest absolute Gasteiger partial charge is 0.490 e. The monoisotopic (exact) mass is 510 g/mol. The molecular formula is C22H31IN4O2. The molecule has 158 valence electrons. The average molecular weight is 510 g/mol. The van der Waals surface area contributed by atoms with Gasteiger partial charge in [-0.2, -0.15) is 0 Å². The van der Waals surface area contributed by atoms with Crippen LogP contribution in [0, 0.1) is 0 Å². The summed E-state index contributed by atoms with van der Waals surface area (Å²) >= 11 is 0. The van der Waals surface area contributed by atoms with Crippen LogP contribution in [0.3, 0.4) is 0 Å². The standard InChI is InChI=1S/C22H30N4O2.HI/c1-2-15-27-19-12-6-7-13-20(19)28-21-17(9-8-14-24-21)16-25-22(23)26-18-10-4-3-5-11-18;/h6-9,12-14,18H,2-5,10-11,15-16H2,1H3,(H3,23,25,26);1H. The van der Waals surface area contributed by atoms with Gasteiger partial charge in [-0.05, 0) is 37.5 Å². The fraction of sp³-hybridized carbons (Fsp3) is 0.455. The summed E-state index contributed by atoms with van der Waals surface area (Å²) in [7, 11) is 0. The van der Waals surface area contributed by atoms with Gasteiger partial charge in [0.15, 0.2) is 17.5 Å². The number of para-hydroxylation sites is 2. The van der Waals surface area contributed by atoms with Crippen LogP contribution in [0.4, 0.5) is 0 Å². The lowest BCUT2D eigenvalue weighted by Crippen LogP contribution is -2.41. The number of aromatic nitrogens is 1. The molecule has 1 fully saturated rings. The van der Waals surface area contributed by atoms with Crippen molar-refractivity contribution in [1.29, 1.82) is 0 Å². The highest BCUT2D eigenvalue weighted by Crippen LogP contribution is 2.32. The summed E-state index contributed by atoms with van der Waals surface area (Å²) in [4.78, 5) is 8.88. The molecule has 1 aromatic carbocycles. The van der Waals surface area contributed by atoms with Crippen molar-refractivity contribution in [3.63, 3.8) is 0 Å². The number of guanidine groups is 1. The van der Waals surface area contributed by atoms with Crippen molar-refractivity contribution in [2.45, 2.75) is 58.0 Å². The number of nitrogens with one attached hydrogen (secondary N) is 1. The summed E-state index contributed by atoms with van der Waals surface area (Å²) in [6.07, 6.45) is 8.79. The van der Waals surface area contributed by atoms with Gasteiger partial charge in [-0.15, -0.1) is 24.0 Å². The molecule has 1 aliphatic rings. The number of rotatable bonds is 8. The quantitative estimate of drug-likeness (QED) is 0.296. The third-order valence-electron chi connectivity index (χ3n) is 4.74. The van der Waals surface area contributed by atoms with E-state index in [-0.39, 0.29) is 24.0 Å². The Hall–Kier alpha value is -2.03. The molecule has 6 nitrogen and oxygen atoms in total. The van der Waals surface area contributed by atoms with Crippen molar-refractivity contribution in [2.24, 2.45) is 10.7 Å². The molecule has 0 bridgehead atoms.